The number of unbranched alkanes of at least 4 members (excludes halogenated alkanes) is 39. The molecule has 1 aromatic heterocycles. The van der Waals surface area contributed by atoms with Crippen LogP contribution in [0, 0.1) is 0 Å². The van der Waals surface area contributed by atoms with E-state index in [4.69, 9.17) is 0 Å². The summed E-state index contributed by atoms with van der Waals surface area (Å²) in [6.07, 6.45) is 68.3. The molecule has 0 spiro atoms. The van der Waals surface area contributed by atoms with E-state index in [1.165, 1.54) is 289 Å². The molecule has 1 aromatic rings. The molecule has 0 bridgehead atoms. The lowest BCUT2D eigenvalue weighted by Crippen LogP contribution is -2.34. The van der Waals surface area contributed by atoms with Crippen LogP contribution in [0.25, 0.3) is 0 Å². The lowest BCUT2D eigenvalue weighted by molar-refractivity contribution is -0.697. The van der Waals surface area contributed by atoms with E-state index in [1.54, 1.807) is 11.1 Å². The third-order valence-electron chi connectivity index (χ3n) is 12.6. The molecule has 0 atom stereocenters. The predicted molar refractivity (Wildman–Crippen MR) is 245 cm³/mol. The van der Waals surface area contributed by atoms with Crippen molar-refractivity contribution in [2.24, 2.45) is 0 Å². The van der Waals surface area contributed by atoms with Crippen LogP contribution in [-0.4, -0.2) is 0 Å². The fourth-order valence-electron chi connectivity index (χ4n) is 8.74. The fraction of sp³-hybridized carbons (Fsp3) is 0.906. The maximum absolute atomic E-state index is 2.57. The molecule has 0 N–H and O–H groups in total. The second-order valence-electron chi connectivity index (χ2n) is 18.0. The Hall–Kier alpha value is -0.850. The van der Waals surface area contributed by atoms with Gasteiger partial charge in [0.05, 0.1) is 0 Å². The molecule has 0 aromatic carbocycles. The first-order valence-electron chi connectivity index (χ1n) is 25.8. The van der Waals surface area contributed by atoms with Gasteiger partial charge in [0, 0.05) is 18.1 Å². The van der Waals surface area contributed by atoms with Crippen LogP contribution in [-0.2, 0) is 19.4 Å². The Morgan fingerprint density at radius 1 is 0.278 bits per heavy atom. The topological polar surface area (TPSA) is 3.88 Å². The van der Waals surface area contributed by atoms with Gasteiger partial charge in [0.2, 0.25) is 0 Å². The largest absolute Gasteiger partial charge is 0.205 e. The highest BCUT2D eigenvalue weighted by Crippen LogP contribution is 2.19. The van der Waals surface area contributed by atoms with Gasteiger partial charge >= 0.3 is 0 Å². The Morgan fingerprint density at radius 3 is 0.815 bits per heavy atom. The molecule has 0 saturated heterocycles. The molecule has 0 fully saturated rings. The molecule has 1 nitrogen and oxygen atoms in total. The van der Waals surface area contributed by atoms with Crippen molar-refractivity contribution in [1.82, 2.24) is 0 Å². The zero-order chi connectivity index (χ0) is 38.7. The van der Waals surface area contributed by atoms with Crippen LogP contribution in [0.5, 0.6) is 0 Å². The molecule has 318 valence electrons. The second-order valence-corrected chi connectivity index (χ2v) is 18.0. The van der Waals surface area contributed by atoms with Gasteiger partial charge in [-0.1, -0.05) is 265 Å². The fourth-order valence-corrected chi connectivity index (χ4v) is 8.74. The van der Waals surface area contributed by atoms with Crippen molar-refractivity contribution in [2.45, 2.75) is 310 Å². The molecule has 1 rings (SSSR count). The first kappa shape index (κ1) is 51.2. The van der Waals surface area contributed by atoms with Crippen LogP contribution in [0.15, 0.2) is 18.5 Å². The Labute approximate surface area is 342 Å². The van der Waals surface area contributed by atoms with E-state index in [0.29, 0.717) is 0 Å². The lowest BCUT2D eigenvalue weighted by atomic mass is 9.97. The van der Waals surface area contributed by atoms with E-state index in [0.717, 1.165) is 0 Å². The summed E-state index contributed by atoms with van der Waals surface area (Å²) >= 11 is 0. The predicted octanol–water partition coefficient (Wildman–Crippen LogP) is 18.5. The molecule has 54 heavy (non-hydrogen) atoms. The summed E-state index contributed by atoms with van der Waals surface area (Å²) in [5.74, 6) is 0. The number of rotatable bonds is 45. The van der Waals surface area contributed by atoms with Gasteiger partial charge in [-0.05, 0) is 37.7 Å². The minimum Gasteiger partial charge on any atom is -0.205 e. The minimum absolute atomic E-state index is 1.21. The normalized spacial score (nSPS) is 11.6. The highest BCUT2D eigenvalue weighted by molar-refractivity contribution is 5.21. The van der Waals surface area contributed by atoms with Crippen molar-refractivity contribution in [3.63, 3.8) is 0 Å². The third-order valence-corrected chi connectivity index (χ3v) is 12.6. The number of aromatic nitrogens is 1. The van der Waals surface area contributed by atoms with Crippen LogP contribution in [0.3, 0.4) is 0 Å². The average Bonchev–Trinajstić information content (AvgIpc) is 3.18. The van der Waals surface area contributed by atoms with Crippen LogP contribution < -0.4 is 4.57 Å². The van der Waals surface area contributed by atoms with Crippen LogP contribution in [0.4, 0.5) is 0 Å². The maximum Gasteiger partial charge on any atom is 0.172 e. The first-order chi connectivity index (χ1) is 26.8. The standard InChI is InChI=1S/C53H102N/c1-4-7-10-13-16-19-22-24-26-28-30-32-34-37-40-43-46-52-48-50-54(49-45-42-39-36-21-18-15-12-9-6-3)51-53(52)47-44-41-38-35-33-31-29-27-25-23-20-17-14-11-8-5-2/h48,50-51H,4-47,49H2,1-3H3/q+1. The highest BCUT2D eigenvalue weighted by Gasteiger charge is 2.10. The van der Waals surface area contributed by atoms with Gasteiger partial charge in [0.25, 0.3) is 0 Å². The zero-order valence-corrected chi connectivity index (χ0v) is 38.0. The Bertz CT molecular complexity index is 844. The second kappa shape index (κ2) is 43.3. The van der Waals surface area contributed by atoms with Crippen LogP contribution in [0.2, 0.25) is 0 Å². The third kappa shape index (κ3) is 35.6. The van der Waals surface area contributed by atoms with E-state index >= 15 is 0 Å². The Morgan fingerprint density at radius 2 is 0.519 bits per heavy atom. The molecule has 0 unspecified atom stereocenters. The van der Waals surface area contributed by atoms with Gasteiger partial charge in [0.15, 0.2) is 12.4 Å². The van der Waals surface area contributed by atoms with Crippen molar-refractivity contribution in [3.8, 4) is 0 Å². The van der Waals surface area contributed by atoms with Gasteiger partial charge < -0.3 is 0 Å². The van der Waals surface area contributed by atoms with E-state index < -0.39 is 0 Å². The highest BCUT2D eigenvalue weighted by atomic mass is 14.9. The minimum atomic E-state index is 1.21. The molecular formula is C53H102N+. The van der Waals surface area contributed by atoms with Crippen molar-refractivity contribution in [2.75, 3.05) is 0 Å². The van der Waals surface area contributed by atoms with E-state index in [1.807, 2.05) is 0 Å². The van der Waals surface area contributed by atoms with Gasteiger partial charge in [-0.3, -0.25) is 0 Å². The summed E-state index contributed by atoms with van der Waals surface area (Å²) in [7, 11) is 0. The van der Waals surface area contributed by atoms with Gasteiger partial charge in [-0.25, -0.2) is 4.57 Å². The molecule has 0 amide bonds. The summed E-state index contributed by atoms with van der Waals surface area (Å²) < 4.78 is 2.55. The maximum atomic E-state index is 2.57. The van der Waals surface area contributed by atoms with Crippen molar-refractivity contribution in [1.29, 1.82) is 0 Å². The molecular weight excluding hydrogens is 651 g/mol. The summed E-state index contributed by atoms with van der Waals surface area (Å²) in [6, 6.07) is 2.52. The molecule has 1 heteroatoms. The summed E-state index contributed by atoms with van der Waals surface area (Å²) in [5, 5.41) is 0. The van der Waals surface area contributed by atoms with Gasteiger partial charge in [-0.15, -0.1) is 0 Å². The number of hydrogen-bond acceptors (Lipinski definition) is 0. The molecule has 1 heterocycles. The Balaban J connectivity index is 2.26. The van der Waals surface area contributed by atoms with E-state index in [-0.39, 0.29) is 0 Å². The van der Waals surface area contributed by atoms with E-state index in [2.05, 4.69) is 43.8 Å². The van der Waals surface area contributed by atoms with E-state index in [9.17, 15) is 0 Å². The Kier molecular flexibility index (Phi) is 41.0. The van der Waals surface area contributed by atoms with Gasteiger partial charge in [0.1, 0.15) is 6.54 Å². The SMILES string of the molecule is CCCCCCCCCCCCCCCCCCc1cc[n+](CCCCCCCCCCCC)cc1CCCCCCCCCCCCCCCCCC. The smallest absolute Gasteiger partial charge is 0.172 e. The number of pyridine rings is 1. The molecule has 0 aliphatic carbocycles. The summed E-state index contributed by atoms with van der Waals surface area (Å²) in [4.78, 5) is 0. The number of aryl methyl sites for hydroxylation is 3. The summed E-state index contributed by atoms with van der Waals surface area (Å²) in [5.41, 5.74) is 3.34. The van der Waals surface area contributed by atoms with Gasteiger partial charge in [-0.2, -0.15) is 0 Å². The molecule has 0 aliphatic heterocycles. The molecule has 0 radical (unpaired) electrons. The van der Waals surface area contributed by atoms with Crippen LogP contribution >= 0.6 is 0 Å². The zero-order valence-electron chi connectivity index (χ0n) is 38.0. The summed E-state index contributed by atoms with van der Waals surface area (Å²) in [6.45, 7) is 8.16. The van der Waals surface area contributed by atoms with Crippen molar-refractivity contribution < 1.29 is 4.57 Å². The van der Waals surface area contributed by atoms with Crippen molar-refractivity contribution in [3.05, 3.63) is 29.6 Å². The first-order valence-corrected chi connectivity index (χ1v) is 25.8. The number of hydrogen-bond donors (Lipinski definition) is 0. The quantitative estimate of drug-likeness (QED) is 0.0461. The molecule has 0 saturated carbocycles. The monoisotopic (exact) mass is 753 g/mol. The molecule has 0 aliphatic rings. The van der Waals surface area contributed by atoms with Crippen molar-refractivity contribution >= 4 is 0 Å². The lowest BCUT2D eigenvalue weighted by Gasteiger charge is -2.10. The number of nitrogens with zero attached hydrogens (tertiary/aromatic N) is 1. The van der Waals surface area contributed by atoms with Crippen LogP contribution in [0.1, 0.15) is 302 Å². The average molecular weight is 753 g/mol.